The van der Waals surface area contributed by atoms with Gasteiger partial charge in [0, 0.05) is 6.61 Å². The van der Waals surface area contributed by atoms with Crippen LogP contribution in [-0.2, 0) is 28.8 Å². The number of hydrogen-bond acceptors (Lipinski definition) is 10. The molecular formula is C51H70O10. The number of hydrogen-bond donors (Lipinski definition) is 0. The molecule has 0 N–H and O–H groups in total. The first-order valence-corrected chi connectivity index (χ1v) is 23.1. The molecule has 61 heavy (non-hydrogen) atoms. The molecule has 3 aromatic rings. The summed E-state index contributed by atoms with van der Waals surface area (Å²) < 4.78 is 22.5. The van der Waals surface area contributed by atoms with Crippen molar-refractivity contribution in [2.75, 3.05) is 26.4 Å². The Morgan fingerprint density at radius 2 is 1.20 bits per heavy atom. The van der Waals surface area contributed by atoms with Crippen molar-refractivity contribution in [3.63, 3.8) is 0 Å². The predicted octanol–water partition coefficient (Wildman–Crippen LogP) is 12.1. The van der Waals surface area contributed by atoms with E-state index in [1.807, 2.05) is 30.3 Å². The van der Waals surface area contributed by atoms with Crippen LogP contribution in [0.5, 0.6) is 11.5 Å². The molecule has 0 spiro atoms. The summed E-state index contributed by atoms with van der Waals surface area (Å²) in [4.78, 5) is 58.0. The van der Waals surface area contributed by atoms with Crippen LogP contribution in [0.1, 0.15) is 174 Å². The fourth-order valence-electron chi connectivity index (χ4n) is 7.71. The van der Waals surface area contributed by atoms with Gasteiger partial charge in [-0.1, -0.05) is 114 Å². The van der Waals surface area contributed by atoms with Crippen LogP contribution >= 0.6 is 0 Å². The van der Waals surface area contributed by atoms with Crippen molar-refractivity contribution in [2.45, 2.75) is 154 Å². The van der Waals surface area contributed by atoms with Crippen LogP contribution in [0, 0.1) is 5.92 Å². The topological polar surface area (TPSA) is 124 Å². The zero-order valence-electron chi connectivity index (χ0n) is 36.6. The SMILES string of the molecule is CCCCCC1CCC(c2ccc(OC(=O)c3ccc(OCCCCCCCCOC(C=O)CC(=O)OCCCCCCCCOOC(=O)c4ccccc4)cc3)cc2)CC1. The summed E-state index contributed by atoms with van der Waals surface area (Å²) in [6.45, 7) is 3.97. The maximum Gasteiger partial charge on any atom is 0.373 e. The zero-order chi connectivity index (χ0) is 43.2. The van der Waals surface area contributed by atoms with Gasteiger partial charge < -0.3 is 23.7 Å². The lowest BCUT2D eigenvalue weighted by atomic mass is 9.77. The van der Waals surface area contributed by atoms with Gasteiger partial charge in [-0.3, -0.25) is 9.68 Å². The molecule has 10 nitrogen and oxygen atoms in total. The number of esters is 2. The highest BCUT2D eigenvalue weighted by Gasteiger charge is 2.22. The Bertz CT molecular complexity index is 1630. The number of carbonyl (C=O) groups excluding carboxylic acids is 4. The van der Waals surface area contributed by atoms with Crippen LogP contribution in [0.2, 0.25) is 0 Å². The number of ether oxygens (including phenoxy) is 4. The highest BCUT2D eigenvalue weighted by atomic mass is 17.2. The number of benzene rings is 3. The number of rotatable bonds is 32. The van der Waals surface area contributed by atoms with Crippen LogP contribution in [0.25, 0.3) is 0 Å². The van der Waals surface area contributed by atoms with Gasteiger partial charge in [-0.15, -0.1) is 0 Å². The second-order valence-electron chi connectivity index (χ2n) is 16.3. The fourth-order valence-corrected chi connectivity index (χ4v) is 7.71. The van der Waals surface area contributed by atoms with Gasteiger partial charge in [0.1, 0.15) is 23.9 Å². The van der Waals surface area contributed by atoms with Crippen LogP contribution in [0.15, 0.2) is 78.9 Å². The second-order valence-corrected chi connectivity index (χ2v) is 16.3. The van der Waals surface area contributed by atoms with E-state index in [0.717, 1.165) is 88.7 Å². The van der Waals surface area contributed by atoms with E-state index in [4.69, 9.17) is 28.7 Å². The van der Waals surface area contributed by atoms with Crippen molar-refractivity contribution < 1.29 is 47.9 Å². The predicted molar refractivity (Wildman–Crippen MR) is 237 cm³/mol. The molecule has 0 bridgehead atoms. The maximum atomic E-state index is 12.8. The highest BCUT2D eigenvalue weighted by molar-refractivity contribution is 5.91. The summed E-state index contributed by atoms with van der Waals surface area (Å²) in [6.07, 6.45) is 21.7. The summed E-state index contributed by atoms with van der Waals surface area (Å²) >= 11 is 0. The molecule has 4 rings (SSSR count). The van der Waals surface area contributed by atoms with Crippen molar-refractivity contribution in [3.05, 3.63) is 95.6 Å². The minimum absolute atomic E-state index is 0.0699. The van der Waals surface area contributed by atoms with Gasteiger partial charge in [-0.05, 0) is 117 Å². The Balaban J connectivity index is 0.923. The first kappa shape index (κ1) is 49.1. The minimum atomic E-state index is -0.782. The normalized spacial score (nSPS) is 15.4. The Hall–Kier alpha value is -4.54. The molecule has 1 aliphatic carbocycles. The van der Waals surface area contributed by atoms with Gasteiger partial charge in [-0.2, -0.15) is 4.89 Å². The molecule has 1 saturated carbocycles. The number of carbonyl (C=O) groups is 4. The lowest BCUT2D eigenvalue weighted by molar-refractivity contribution is -0.241. The lowest BCUT2D eigenvalue weighted by Gasteiger charge is -2.29. The first-order valence-electron chi connectivity index (χ1n) is 23.1. The average molecular weight is 843 g/mol. The van der Waals surface area contributed by atoms with E-state index in [9.17, 15) is 19.2 Å². The number of unbranched alkanes of at least 4 members (excludes halogenated alkanes) is 12. The molecule has 0 aliphatic heterocycles. The molecule has 0 amide bonds. The van der Waals surface area contributed by atoms with E-state index in [-0.39, 0.29) is 12.4 Å². The largest absolute Gasteiger partial charge is 0.494 e. The van der Waals surface area contributed by atoms with E-state index in [2.05, 4.69) is 19.1 Å². The third kappa shape index (κ3) is 20.7. The molecule has 0 saturated heterocycles. The second kappa shape index (κ2) is 30.5. The van der Waals surface area contributed by atoms with Crippen molar-refractivity contribution in [2.24, 2.45) is 5.92 Å². The summed E-state index contributed by atoms with van der Waals surface area (Å²) in [5.74, 6) is 1.49. The van der Waals surface area contributed by atoms with E-state index in [0.29, 0.717) is 55.5 Å². The monoisotopic (exact) mass is 842 g/mol. The standard InChI is InChI=1S/C51H70O10/c1-2-3-13-20-41-23-25-42(26-24-41)43-27-33-47(34-28-43)60-50(54)45-29-31-46(32-30-45)56-35-16-8-4-5-9-17-36-57-48(40-52)39-49(53)58-37-18-10-6-7-11-19-38-59-61-51(55)44-21-14-12-15-22-44/h12,14-15,21-22,27-34,40-42,48H,2-11,13,16-20,23-26,35-39H2,1H3. The fraction of sp³-hybridized carbons (Fsp3) is 0.569. The first-order chi connectivity index (χ1) is 29.9. The van der Waals surface area contributed by atoms with Crippen LogP contribution in [0.3, 0.4) is 0 Å². The Kier molecular flexibility index (Phi) is 24.5. The summed E-state index contributed by atoms with van der Waals surface area (Å²) in [6, 6.07) is 23.9. The van der Waals surface area contributed by atoms with Gasteiger partial charge >= 0.3 is 17.9 Å². The quantitative estimate of drug-likeness (QED) is 0.0150. The van der Waals surface area contributed by atoms with Gasteiger partial charge in [0.2, 0.25) is 0 Å². The maximum absolute atomic E-state index is 12.8. The highest BCUT2D eigenvalue weighted by Crippen LogP contribution is 2.38. The van der Waals surface area contributed by atoms with Gasteiger partial charge in [0.05, 0.1) is 37.4 Å². The zero-order valence-corrected chi connectivity index (χ0v) is 36.6. The summed E-state index contributed by atoms with van der Waals surface area (Å²) in [5.41, 5.74) is 2.29. The molecular weight excluding hydrogens is 773 g/mol. The van der Waals surface area contributed by atoms with Gasteiger partial charge in [0.15, 0.2) is 0 Å². The Labute approximate surface area is 364 Å². The average Bonchev–Trinajstić information content (AvgIpc) is 3.29. The van der Waals surface area contributed by atoms with E-state index >= 15 is 0 Å². The van der Waals surface area contributed by atoms with Crippen molar-refractivity contribution in [1.82, 2.24) is 0 Å². The van der Waals surface area contributed by atoms with Crippen molar-refractivity contribution in [1.29, 1.82) is 0 Å². The molecule has 334 valence electrons. The smallest absolute Gasteiger partial charge is 0.373 e. The molecule has 0 radical (unpaired) electrons. The molecule has 1 unspecified atom stereocenters. The van der Waals surface area contributed by atoms with E-state index < -0.39 is 18.0 Å². The third-order valence-electron chi connectivity index (χ3n) is 11.4. The lowest BCUT2D eigenvalue weighted by Crippen LogP contribution is -2.21. The Morgan fingerprint density at radius 3 is 1.85 bits per heavy atom. The van der Waals surface area contributed by atoms with Crippen molar-refractivity contribution in [3.8, 4) is 11.5 Å². The minimum Gasteiger partial charge on any atom is -0.494 e. The van der Waals surface area contributed by atoms with E-state index in [1.165, 1.54) is 56.9 Å². The van der Waals surface area contributed by atoms with E-state index in [1.54, 1.807) is 36.4 Å². The van der Waals surface area contributed by atoms with Gasteiger partial charge in [0.25, 0.3) is 0 Å². The van der Waals surface area contributed by atoms with Crippen LogP contribution < -0.4 is 9.47 Å². The molecule has 1 fully saturated rings. The Morgan fingerprint density at radius 1 is 0.607 bits per heavy atom. The third-order valence-corrected chi connectivity index (χ3v) is 11.4. The summed E-state index contributed by atoms with van der Waals surface area (Å²) in [7, 11) is 0. The van der Waals surface area contributed by atoms with Crippen LogP contribution in [0.4, 0.5) is 0 Å². The molecule has 3 aromatic carbocycles. The van der Waals surface area contributed by atoms with Crippen molar-refractivity contribution >= 4 is 24.2 Å². The molecule has 0 heterocycles. The summed E-state index contributed by atoms with van der Waals surface area (Å²) in [5, 5.41) is 0. The molecule has 0 aromatic heterocycles. The molecule has 1 aliphatic rings. The van der Waals surface area contributed by atoms with Gasteiger partial charge in [-0.25, -0.2) is 9.59 Å². The van der Waals surface area contributed by atoms with Crippen LogP contribution in [-0.4, -0.2) is 56.7 Å². The molecule has 10 heteroatoms. The number of aldehydes is 1. The molecule has 1 atom stereocenters.